The quantitative estimate of drug-likeness (QED) is 0.767. The molecule has 5 heteroatoms. The van der Waals surface area contributed by atoms with Crippen molar-refractivity contribution >= 4 is 5.82 Å². The topological polar surface area (TPSA) is 56.3 Å². The van der Waals surface area contributed by atoms with Crippen molar-refractivity contribution in [2.75, 3.05) is 25.1 Å². The highest BCUT2D eigenvalue weighted by Crippen LogP contribution is 2.13. The maximum Gasteiger partial charge on any atom is 0.218 e. The third-order valence-corrected chi connectivity index (χ3v) is 1.83. The molecule has 1 aromatic rings. The van der Waals surface area contributed by atoms with Gasteiger partial charge in [0, 0.05) is 19.2 Å². The number of aromatic nitrogens is 2. The van der Waals surface area contributed by atoms with Crippen LogP contribution in [0.1, 0.15) is 26.6 Å². The molecule has 90 valence electrons. The lowest BCUT2D eigenvalue weighted by molar-refractivity contribution is 0.127. The Labute approximate surface area is 96.2 Å². The molecule has 16 heavy (non-hydrogen) atoms. The highest BCUT2D eigenvalue weighted by atomic mass is 16.5. The zero-order valence-electron chi connectivity index (χ0n) is 10.1. The van der Waals surface area contributed by atoms with Crippen molar-refractivity contribution in [2.45, 2.75) is 27.4 Å². The fourth-order valence-corrected chi connectivity index (χ4v) is 1.22. The van der Waals surface area contributed by atoms with Gasteiger partial charge in [0.15, 0.2) is 5.82 Å². The summed E-state index contributed by atoms with van der Waals surface area (Å²) in [5.74, 6) is 2.00. The second-order valence-electron chi connectivity index (χ2n) is 3.11. The number of hydrogen-bond donors (Lipinski definition) is 1. The number of rotatable bonds is 7. The van der Waals surface area contributed by atoms with Gasteiger partial charge in [0.2, 0.25) is 5.88 Å². The van der Waals surface area contributed by atoms with Gasteiger partial charge < -0.3 is 14.8 Å². The maximum atomic E-state index is 5.37. The fraction of sp³-hybridized carbons (Fsp3) is 0.636. The van der Waals surface area contributed by atoms with Crippen LogP contribution >= 0.6 is 0 Å². The minimum absolute atomic E-state index is 0.413. The minimum Gasteiger partial charge on any atom is -0.478 e. The van der Waals surface area contributed by atoms with Crippen LogP contribution in [0.3, 0.4) is 0 Å². The molecule has 0 radical (unpaired) electrons. The van der Waals surface area contributed by atoms with Crippen LogP contribution in [-0.4, -0.2) is 29.7 Å². The molecule has 5 nitrogen and oxygen atoms in total. The van der Waals surface area contributed by atoms with Crippen LogP contribution < -0.4 is 10.1 Å². The molecule has 0 spiro atoms. The van der Waals surface area contributed by atoms with Gasteiger partial charge >= 0.3 is 0 Å². The third kappa shape index (κ3) is 4.02. The maximum absolute atomic E-state index is 5.37. The molecule has 1 rings (SSSR count). The SMILES string of the molecule is CCNc1cc(OCC)nc(COCC)n1. The van der Waals surface area contributed by atoms with Crippen LogP contribution in [0.25, 0.3) is 0 Å². The highest BCUT2D eigenvalue weighted by molar-refractivity contribution is 5.38. The van der Waals surface area contributed by atoms with Crippen molar-refractivity contribution < 1.29 is 9.47 Å². The number of hydrogen-bond acceptors (Lipinski definition) is 5. The van der Waals surface area contributed by atoms with Gasteiger partial charge in [0.1, 0.15) is 12.4 Å². The van der Waals surface area contributed by atoms with Crippen LogP contribution in [0, 0.1) is 0 Å². The third-order valence-electron chi connectivity index (χ3n) is 1.83. The lowest BCUT2D eigenvalue weighted by atomic mass is 10.5. The van der Waals surface area contributed by atoms with Crippen LogP contribution in [0.2, 0.25) is 0 Å². The summed E-state index contributed by atoms with van der Waals surface area (Å²) in [5, 5.41) is 3.14. The fourth-order valence-electron chi connectivity index (χ4n) is 1.22. The second kappa shape index (κ2) is 7.00. The minimum atomic E-state index is 0.413. The molecule has 0 unspecified atom stereocenters. The van der Waals surface area contributed by atoms with Crippen LogP contribution in [0.5, 0.6) is 5.88 Å². The average molecular weight is 225 g/mol. The van der Waals surface area contributed by atoms with Crippen molar-refractivity contribution in [1.82, 2.24) is 9.97 Å². The van der Waals surface area contributed by atoms with Crippen molar-refractivity contribution in [3.8, 4) is 5.88 Å². The van der Waals surface area contributed by atoms with Crippen molar-refractivity contribution in [3.63, 3.8) is 0 Å². The summed E-state index contributed by atoms with van der Waals surface area (Å²) in [6.07, 6.45) is 0. The van der Waals surface area contributed by atoms with Gasteiger partial charge in [0.05, 0.1) is 6.61 Å². The van der Waals surface area contributed by atoms with Gasteiger partial charge in [0.25, 0.3) is 0 Å². The first-order valence-corrected chi connectivity index (χ1v) is 5.62. The van der Waals surface area contributed by atoms with Gasteiger partial charge in [-0.05, 0) is 20.8 Å². The number of nitrogens with one attached hydrogen (secondary N) is 1. The summed E-state index contributed by atoms with van der Waals surface area (Å²) in [7, 11) is 0. The molecule has 1 N–H and O–H groups in total. The Kier molecular flexibility index (Phi) is 5.56. The van der Waals surface area contributed by atoms with Gasteiger partial charge in [-0.2, -0.15) is 4.98 Å². The number of nitrogens with zero attached hydrogens (tertiary/aromatic N) is 2. The van der Waals surface area contributed by atoms with E-state index in [9.17, 15) is 0 Å². The van der Waals surface area contributed by atoms with Gasteiger partial charge in [-0.1, -0.05) is 0 Å². The molecule has 1 aromatic heterocycles. The Morgan fingerprint density at radius 1 is 1.19 bits per heavy atom. The van der Waals surface area contributed by atoms with Gasteiger partial charge in [-0.3, -0.25) is 0 Å². The van der Waals surface area contributed by atoms with E-state index < -0.39 is 0 Å². The molecule has 0 aromatic carbocycles. The molecule has 0 fully saturated rings. The van der Waals surface area contributed by atoms with E-state index in [1.807, 2.05) is 20.8 Å². The molecular formula is C11H19N3O2. The van der Waals surface area contributed by atoms with E-state index in [4.69, 9.17) is 9.47 Å². The van der Waals surface area contributed by atoms with Crippen molar-refractivity contribution in [1.29, 1.82) is 0 Å². The van der Waals surface area contributed by atoms with Gasteiger partial charge in [-0.25, -0.2) is 4.98 Å². The molecule has 1 heterocycles. The van der Waals surface area contributed by atoms with E-state index in [1.54, 1.807) is 6.07 Å². The first-order chi connectivity index (χ1) is 7.80. The number of ether oxygens (including phenoxy) is 2. The molecule has 0 saturated heterocycles. The summed E-state index contributed by atoms with van der Waals surface area (Å²) in [5.41, 5.74) is 0. The van der Waals surface area contributed by atoms with E-state index in [2.05, 4.69) is 15.3 Å². The molecule has 0 amide bonds. The Balaban J connectivity index is 2.80. The molecule has 0 saturated carbocycles. The van der Waals surface area contributed by atoms with Crippen LogP contribution in [-0.2, 0) is 11.3 Å². The molecule has 0 aliphatic rings. The predicted octanol–water partition coefficient (Wildman–Crippen LogP) is 1.84. The van der Waals surface area contributed by atoms with Crippen LogP contribution in [0.4, 0.5) is 5.82 Å². The van der Waals surface area contributed by atoms with E-state index in [0.717, 1.165) is 12.4 Å². The monoisotopic (exact) mass is 225 g/mol. The Morgan fingerprint density at radius 3 is 2.62 bits per heavy atom. The Morgan fingerprint density at radius 2 is 2.00 bits per heavy atom. The van der Waals surface area contributed by atoms with E-state index >= 15 is 0 Å². The highest BCUT2D eigenvalue weighted by Gasteiger charge is 2.04. The zero-order valence-corrected chi connectivity index (χ0v) is 10.1. The zero-order chi connectivity index (χ0) is 11.8. The smallest absolute Gasteiger partial charge is 0.218 e. The molecule has 0 bridgehead atoms. The lowest BCUT2D eigenvalue weighted by Crippen LogP contribution is -2.07. The van der Waals surface area contributed by atoms with Crippen molar-refractivity contribution in [3.05, 3.63) is 11.9 Å². The summed E-state index contributed by atoms with van der Waals surface area (Å²) >= 11 is 0. The second-order valence-corrected chi connectivity index (χ2v) is 3.11. The number of anilines is 1. The molecule has 0 atom stereocenters. The summed E-state index contributed by atoms with van der Waals surface area (Å²) in [4.78, 5) is 8.56. The normalized spacial score (nSPS) is 10.2. The summed E-state index contributed by atoms with van der Waals surface area (Å²) < 4.78 is 10.6. The Bertz CT molecular complexity index is 294. The van der Waals surface area contributed by atoms with E-state index in [0.29, 0.717) is 31.5 Å². The average Bonchev–Trinajstić information content (AvgIpc) is 2.27. The lowest BCUT2D eigenvalue weighted by Gasteiger charge is -2.08. The molecule has 0 aliphatic carbocycles. The Hall–Kier alpha value is -1.36. The first-order valence-electron chi connectivity index (χ1n) is 5.62. The van der Waals surface area contributed by atoms with Crippen molar-refractivity contribution in [2.24, 2.45) is 0 Å². The molecule has 0 aliphatic heterocycles. The molecular weight excluding hydrogens is 206 g/mol. The summed E-state index contributed by atoms with van der Waals surface area (Å²) in [6.45, 7) is 8.36. The van der Waals surface area contributed by atoms with Gasteiger partial charge in [-0.15, -0.1) is 0 Å². The first kappa shape index (κ1) is 12.7. The predicted molar refractivity (Wildman–Crippen MR) is 62.7 cm³/mol. The standard InChI is InChI=1S/C11H19N3O2/c1-4-12-9-7-11(16-6-3)14-10(13-9)8-15-5-2/h7H,4-6,8H2,1-3H3,(H,12,13,14). The van der Waals surface area contributed by atoms with Crippen LogP contribution in [0.15, 0.2) is 6.07 Å². The summed E-state index contributed by atoms with van der Waals surface area (Å²) in [6, 6.07) is 1.79. The largest absolute Gasteiger partial charge is 0.478 e. The van der Waals surface area contributed by atoms with E-state index in [1.165, 1.54) is 0 Å². The van der Waals surface area contributed by atoms with E-state index in [-0.39, 0.29) is 0 Å².